The number of hydrogen-bond donors (Lipinski definition) is 1. The maximum Gasteiger partial charge on any atom is 0.287 e. The van der Waals surface area contributed by atoms with Gasteiger partial charge in [0, 0.05) is 18.1 Å². The lowest BCUT2D eigenvalue weighted by Crippen LogP contribution is -2.52. The first-order valence-corrected chi connectivity index (χ1v) is 6.87. The minimum Gasteiger partial charge on any atom is -0.364 e. The van der Waals surface area contributed by atoms with Gasteiger partial charge in [0.2, 0.25) is 11.6 Å². The molecule has 1 amide bonds. The van der Waals surface area contributed by atoms with Crippen molar-refractivity contribution in [2.75, 3.05) is 0 Å². The second-order valence-corrected chi connectivity index (χ2v) is 5.70. The molecule has 0 saturated heterocycles. The zero-order valence-electron chi connectivity index (χ0n) is 11.5. The summed E-state index contributed by atoms with van der Waals surface area (Å²) in [5.74, 6) is -0.882. The molecule has 0 bridgehead atoms. The van der Waals surface area contributed by atoms with Crippen molar-refractivity contribution < 1.29 is 18.7 Å². The Bertz CT molecular complexity index is 591. The van der Waals surface area contributed by atoms with Crippen molar-refractivity contribution in [3.63, 3.8) is 0 Å². The molecule has 1 aliphatic carbocycles. The van der Waals surface area contributed by atoms with Crippen molar-refractivity contribution in [1.82, 2.24) is 5.01 Å². The first-order chi connectivity index (χ1) is 9.93. The number of aliphatic hydroxyl groups is 1. The molecule has 0 unspecified atom stereocenters. The van der Waals surface area contributed by atoms with Crippen molar-refractivity contribution in [3.8, 4) is 0 Å². The lowest BCUT2D eigenvalue weighted by Gasteiger charge is -2.30. The van der Waals surface area contributed by atoms with Crippen LogP contribution in [-0.4, -0.2) is 33.9 Å². The minimum atomic E-state index is -3.04. The highest BCUT2D eigenvalue weighted by molar-refractivity contribution is 5.91. The number of alkyl halides is 2. The molecule has 1 heterocycles. The summed E-state index contributed by atoms with van der Waals surface area (Å²) in [6.07, 6.45) is -2.75. The van der Waals surface area contributed by atoms with Crippen molar-refractivity contribution in [2.45, 2.75) is 37.8 Å². The standard InChI is InChI=1S/C15H16F2N2O2/c1-9-8-15(21,14(16)17)19(18-9)13(20)12-7-11(12)10-5-3-2-4-6-10/h2-6,11-12,14,21H,7-8H2,1H3/t11-,12-,15+/m1/s1. The van der Waals surface area contributed by atoms with E-state index in [0.29, 0.717) is 17.1 Å². The molecule has 1 aromatic carbocycles. The van der Waals surface area contributed by atoms with Crippen LogP contribution in [0, 0.1) is 5.92 Å². The third-order valence-corrected chi connectivity index (χ3v) is 4.05. The largest absolute Gasteiger partial charge is 0.364 e. The van der Waals surface area contributed by atoms with Gasteiger partial charge in [-0.3, -0.25) is 4.79 Å². The Morgan fingerprint density at radius 1 is 1.43 bits per heavy atom. The maximum absolute atomic E-state index is 13.1. The van der Waals surface area contributed by atoms with Crippen LogP contribution in [0.5, 0.6) is 0 Å². The first-order valence-electron chi connectivity index (χ1n) is 6.87. The Balaban J connectivity index is 1.77. The second kappa shape index (κ2) is 4.87. The minimum absolute atomic E-state index is 0.0247. The third kappa shape index (κ3) is 2.33. The number of nitrogens with zero attached hydrogens (tertiary/aromatic N) is 2. The average Bonchev–Trinajstić information content (AvgIpc) is 3.19. The lowest BCUT2D eigenvalue weighted by atomic mass is 10.1. The highest BCUT2D eigenvalue weighted by Crippen LogP contribution is 2.50. The van der Waals surface area contributed by atoms with Crippen molar-refractivity contribution in [2.24, 2.45) is 11.0 Å². The molecule has 1 fully saturated rings. The van der Waals surface area contributed by atoms with Crippen LogP contribution in [0.2, 0.25) is 0 Å². The summed E-state index contributed by atoms with van der Waals surface area (Å²) in [7, 11) is 0. The molecule has 2 aliphatic rings. The van der Waals surface area contributed by atoms with Gasteiger partial charge in [-0.2, -0.15) is 10.1 Å². The van der Waals surface area contributed by atoms with E-state index in [1.54, 1.807) is 0 Å². The first kappa shape index (κ1) is 14.1. The molecule has 0 radical (unpaired) electrons. The normalized spacial score (nSPS) is 31.5. The summed E-state index contributed by atoms with van der Waals surface area (Å²) in [6, 6.07) is 9.46. The van der Waals surface area contributed by atoms with Crippen LogP contribution in [0.15, 0.2) is 35.4 Å². The monoisotopic (exact) mass is 294 g/mol. The van der Waals surface area contributed by atoms with E-state index in [9.17, 15) is 18.7 Å². The number of carbonyl (C=O) groups is 1. The number of carbonyl (C=O) groups excluding carboxylic acids is 1. The van der Waals surface area contributed by atoms with Gasteiger partial charge in [0.25, 0.3) is 6.43 Å². The SMILES string of the molecule is CC1=NN(C(=O)[C@@H]2C[C@@H]2c2ccccc2)[C@@](O)(C(F)F)C1. The average molecular weight is 294 g/mol. The fourth-order valence-electron chi connectivity index (χ4n) is 2.85. The number of benzene rings is 1. The van der Waals surface area contributed by atoms with E-state index in [0.717, 1.165) is 5.56 Å². The maximum atomic E-state index is 13.1. The van der Waals surface area contributed by atoms with E-state index in [-0.39, 0.29) is 18.3 Å². The number of rotatable bonds is 3. The highest BCUT2D eigenvalue weighted by atomic mass is 19.3. The summed E-state index contributed by atoms with van der Waals surface area (Å²) < 4.78 is 26.2. The van der Waals surface area contributed by atoms with Crippen LogP contribution in [0.4, 0.5) is 8.78 Å². The van der Waals surface area contributed by atoms with Gasteiger partial charge in [0.15, 0.2) is 0 Å². The van der Waals surface area contributed by atoms with Gasteiger partial charge in [-0.15, -0.1) is 0 Å². The van der Waals surface area contributed by atoms with Crippen LogP contribution in [0.1, 0.15) is 31.2 Å². The van der Waals surface area contributed by atoms with Gasteiger partial charge in [-0.25, -0.2) is 8.78 Å². The molecule has 3 rings (SSSR count). The third-order valence-electron chi connectivity index (χ3n) is 4.05. The van der Waals surface area contributed by atoms with Crippen molar-refractivity contribution in [3.05, 3.63) is 35.9 Å². The van der Waals surface area contributed by atoms with E-state index in [1.165, 1.54) is 6.92 Å². The summed E-state index contributed by atoms with van der Waals surface area (Å²) in [6.45, 7) is 1.53. The van der Waals surface area contributed by atoms with Crippen LogP contribution < -0.4 is 0 Å². The molecule has 112 valence electrons. The van der Waals surface area contributed by atoms with Gasteiger partial charge in [0.05, 0.1) is 0 Å². The number of hydrazone groups is 1. The van der Waals surface area contributed by atoms with Crippen LogP contribution >= 0.6 is 0 Å². The molecule has 4 nitrogen and oxygen atoms in total. The zero-order valence-corrected chi connectivity index (χ0v) is 11.5. The number of halogens is 2. The quantitative estimate of drug-likeness (QED) is 0.930. The molecule has 21 heavy (non-hydrogen) atoms. The van der Waals surface area contributed by atoms with Gasteiger partial charge >= 0.3 is 0 Å². The highest BCUT2D eigenvalue weighted by Gasteiger charge is 2.56. The Morgan fingerprint density at radius 2 is 2.10 bits per heavy atom. The second-order valence-electron chi connectivity index (χ2n) is 5.70. The van der Waals surface area contributed by atoms with Gasteiger partial charge in [0.1, 0.15) is 0 Å². The van der Waals surface area contributed by atoms with Gasteiger partial charge in [-0.1, -0.05) is 30.3 Å². The zero-order chi connectivity index (χ0) is 15.2. The molecule has 1 N–H and O–H groups in total. The Labute approximate surface area is 121 Å². The summed E-state index contributed by atoms with van der Waals surface area (Å²) in [5.41, 5.74) is -1.15. The molecular formula is C15H16F2N2O2. The molecule has 1 aromatic rings. The van der Waals surface area contributed by atoms with Crippen molar-refractivity contribution >= 4 is 11.6 Å². The Hall–Kier alpha value is -1.82. The fourth-order valence-corrected chi connectivity index (χ4v) is 2.85. The molecule has 1 saturated carbocycles. The molecular weight excluding hydrogens is 278 g/mol. The summed E-state index contributed by atoms with van der Waals surface area (Å²) >= 11 is 0. The van der Waals surface area contributed by atoms with Crippen LogP contribution in [0.25, 0.3) is 0 Å². The van der Waals surface area contributed by atoms with Crippen molar-refractivity contribution in [1.29, 1.82) is 0 Å². The van der Waals surface area contributed by atoms with Crippen LogP contribution in [-0.2, 0) is 4.79 Å². The topological polar surface area (TPSA) is 52.9 Å². The van der Waals surface area contributed by atoms with E-state index in [2.05, 4.69) is 5.10 Å². The smallest absolute Gasteiger partial charge is 0.287 e. The van der Waals surface area contributed by atoms with E-state index in [4.69, 9.17) is 0 Å². The Morgan fingerprint density at radius 3 is 2.71 bits per heavy atom. The number of hydrogen-bond acceptors (Lipinski definition) is 3. The predicted octanol–water partition coefficient (Wildman–Crippen LogP) is 2.35. The van der Waals surface area contributed by atoms with E-state index < -0.39 is 18.1 Å². The fraction of sp³-hybridized carbons (Fsp3) is 0.467. The molecule has 6 heteroatoms. The molecule has 0 spiro atoms. The summed E-state index contributed by atoms with van der Waals surface area (Å²) in [4.78, 5) is 12.4. The molecule has 0 aromatic heterocycles. The van der Waals surface area contributed by atoms with Crippen LogP contribution in [0.3, 0.4) is 0 Å². The predicted molar refractivity (Wildman–Crippen MR) is 72.8 cm³/mol. The summed E-state index contributed by atoms with van der Waals surface area (Å²) in [5, 5.41) is 14.5. The Kier molecular flexibility index (Phi) is 3.28. The molecule has 3 atom stereocenters. The number of amides is 1. The molecule has 1 aliphatic heterocycles. The van der Waals surface area contributed by atoms with Gasteiger partial charge in [-0.05, 0) is 24.8 Å². The lowest BCUT2D eigenvalue weighted by molar-refractivity contribution is -0.193. The van der Waals surface area contributed by atoms with E-state index in [1.807, 2.05) is 30.3 Å². The van der Waals surface area contributed by atoms with E-state index >= 15 is 0 Å². The van der Waals surface area contributed by atoms with Gasteiger partial charge < -0.3 is 5.11 Å².